The summed E-state index contributed by atoms with van der Waals surface area (Å²) in [6.07, 6.45) is 4.01. The van der Waals surface area contributed by atoms with Gasteiger partial charge in [-0.3, -0.25) is 9.59 Å². The largest absolute Gasteiger partial charge is 0.494 e. The topological polar surface area (TPSA) is 69.0 Å². The minimum absolute atomic E-state index is 0.121. The van der Waals surface area contributed by atoms with Crippen LogP contribution in [-0.4, -0.2) is 36.7 Å². The summed E-state index contributed by atoms with van der Waals surface area (Å²) < 4.78 is 17.7. The van der Waals surface area contributed by atoms with Crippen LogP contribution in [0.1, 0.15) is 79.7 Å². The Hall–Kier alpha value is -3.12. The van der Waals surface area contributed by atoms with Crippen molar-refractivity contribution in [1.29, 1.82) is 0 Å². The van der Waals surface area contributed by atoms with Gasteiger partial charge in [0.2, 0.25) is 5.76 Å². The molecule has 2 heterocycles. The Morgan fingerprint density at radius 3 is 2.63 bits per heavy atom. The monoisotopic (exact) mass is 477 g/mol. The maximum atomic E-state index is 13.7. The van der Waals surface area contributed by atoms with Crippen molar-refractivity contribution in [2.75, 3.05) is 19.8 Å². The molecule has 0 aliphatic carbocycles. The first-order chi connectivity index (χ1) is 16.9. The van der Waals surface area contributed by atoms with Crippen LogP contribution in [0.25, 0.3) is 11.0 Å². The van der Waals surface area contributed by atoms with E-state index in [9.17, 15) is 9.59 Å². The van der Waals surface area contributed by atoms with Gasteiger partial charge in [0.25, 0.3) is 5.91 Å². The molecule has 4 rings (SSSR count). The molecule has 1 aliphatic rings. The third-order valence-electron chi connectivity index (χ3n) is 6.31. The molecule has 1 atom stereocenters. The normalized spacial score (nSPS) is 15.3. The number of rotatable bonds is 11. The highest BCUT2D eigenvalue weighted by molar-refractivity contribution is 5.99. The fraction of sp³-hybridized carbons (Fsp3) is 0.448. The number of nitrogens with zero attached hydrogens (tertiary/aromatic N) is 1. The predicted molar refractivity (Wildman–Crippen MR) is 137 cm³/mol. The number of unbranched alkanes of at least 4 members (excludes halogenated alkanes) is 2. The third kappa shape index (κ3) is 5.43. The second-order valence-corrected chi connectivity index (χ2v) is 9.48. The zero-order valence-corrected chi connectivity index (χ0v) is 21.1. The Bertz CT molecular complexity index is 1250. The van der Waals surface area contributed by atoms with Crippen molar-refractivity contribution in [2.45, 2.75) is 65.5 Å². The fourth-order valence-electron chi connectivity index (χ4n) is 4.58. The van der Waals surface area contributed by atoms with E-state index >= 15 is 0 Å². The number of amides is 1. The van der Waals surface area contributed by atoms with Crippen molar-refractivity contribution in [2.24, 2.45) is 0 Å². The Morgan fingerprint density at radius 1 is 1.03 bits per heavy atom. The number of ether oxygens (including phenoxy) is 2. The molecule has 3 aromatic rings. The molecule has 6 nitrogen and oxygen atoms in total. The van der Waals surface area contributed by atoms with Crippen LogP contribution in [0, 0.1) is 6.92 Å². The molecule has 2 aromatic carbocycles. The number of carbonyl (C=O) groups excluding carboxylic acids is 1. The average molecular weight is 478 g/mol. The molecule has 0 radical (unpaired) electrons. The van der Waals surface area contributed by atoms with E-state index in [1.165, 1.54) is 0 Å². The summed E-state index contributed by atoms with van der Waals surface area (Å²) >= 11 is 0. The molecule has 186 valence electrons. The minimum Gasteiger partial charge on any atom is -0.494 e. The number of aryl methyl sites for hydroxylation is 1. The lowest BCUT2D eigenvalue weighted by molar-refractivity contribution is 0.0593. The smallest absolute Gasteiger partial charge is 0.290 e. The van der Waals surface area contributed by atoms with Crippen LogP contribution in [0.3, 0.4) is 0 Å². The van der Waals surface area contributed by atoms with E-state index in [1.807, 2.05) is 57.2 Å². The first-order valence-electron chi connectivity index (χ1n) is 12.6. The third-order valence-corrected chi connectivity index (χ3v) is 6.31. The maximum Gasteiger partial charge on any atom is 0.290 e. The lowest BCUT2D eigenvalue weighted by atomic mass is 9.98. The highest BCUT2D eigenvalue weighted by Gasteiger charge is 2.42. The van der Waals surface area contributed by atoms with Crippen LogP contribution in [0.4, 0.5) is 0 Å². The van der Waals surface area contributed by atoms with Gasteiger partial charge >= 0.3 is 0 Å². The van der Waals surface area contributed by atoms with E-state index in [4.69, 9.17) is 13.9 Å². The van der Waals surface area contributed by atoms with E-state index in [0.717, 1.165) is 36.1 Å². The van der Waals surface area contributed by atoms with Gasteiger partial charge in [0.15, 0.2) is 5.43 Å². The molecule has 1 aromatic heterocycles. The van der Waals surface area contributed by atoms with Gasteiger partial charge in [-0.1, -0.05) is 43.5 Å². The molecule has 0 bridgehead atoms. The molecular formula is C29H35NO5. The minimum atomic E-state index is -0.531. The molecule has 1 unspecified atom stereocenters. The van der Waals surface area contributed by atoms with Gasteiger partial charge < -0.3 is 18.8 Å². The van der Waals surface area contributed by atoms with Crippen molar-refractivity contribution in [3.8, 4) is 5.75 Å². The van der Waals surface area contributed by atoms with E-state index < -0.39 is 6.04 Å². The van der Waals surface area contributed by atoms with Crippen LogP contribution in [0.15, 0.2) is 51.7 Å². The van der Waals surface area contributed by atoms with E-state index in [0.29, 0.717) is 42.7 Å². The summed E-state index contributed by atoms with van der Waals surface area (Å²) in [6.45, 7) is 9.70. The van der Waals surface area contributed by atoms with Crippen molar-refractivity contribution in [3.63, 3.8) is 0 Å². The van der Waals surface area contributed by atoms with Gasteiger partial charge in [0.1, 0.15) is 11.3 Å². The number of hydrogen-bond acceptors (Lipinski definition) is 5. The lowest BCUT2D eigenvalue weighted by Gasteiger charge is -2.25. The second kappa shape index (κ2) is 11.1. The Balaban J connectivity index is 1.73. The molecule has 1 aliphatic heterocycles. The van der Waals surface area contributed by atoms with Crippen LogP contribution in [-0.2, 0) is 4.74 Å². The molecule has 0 spiro atoms. The van der Waals surface area contributed by atoms with Crippen molar-refractivity contribution in [1.82, 2.24) is 4.90 Å². The van der Waals surface area contributed by atoms with Crippen molar-refractivity contribution < 1.29 is 18.7 Å². The summed E-state index contributed by atoms with van der Waals surface area (Å²) in [6, 6.07) is 12.7. The van der Waals surface area contributed by atoms with Crippen molar-refractivity contribution >= 4 is 16.9 Å². The van der Waals surface area contributed by atoms with E-state index in [1.54, 1.807) is 11.0 Å². The quantitative estimate of drug-likeness (QED) is 0.315. The lowest BCUT2D eigenvalue weighted by Crippen LogP contribution is -2.31. The van der Waals surface area contributed by atoms with Gasteiger partial charge in [-0.2, -0.15) is 0 Å². The SMILES string of the molecule is CCCCCOc1cccc(C2c3c(oc4ccc(C)cc4c3=O)C(=O)N2CCCOC(C)C)c1. The first-order valence-corrected chi connectivity index (χ1v) is 12.6. The van der Waals surface area contributed by atoms with Gasteiger partial charge in [-0.15, -0.1) is 0 Å². The Kier molecular flexibility index (Phi) is 7.91. The molecule has 6 heteroatoms. The number of carbonyl (C=O) groups is 1. The molecule has 0 fully saturated rings. The molecule has 0 saturated heterocycles. The second-order valence-electron chi connectivity index (χ2n) is 9.48. The summed E-state index contributed by atoms with van der Waals surface area (Å²) in [4.78, 5) is 29.0. The zero-order valence-electron chi connectivity index (χ0n) is 21.1. The molecule has 1 amide bonds. The van der Waals surface area contributed by atoms with E-state index in [2.05, 4.69) is 6.92 Å². The summed E-state index contributed by atoms with van der Waals surface area (Å²) in [5.41, 5.74) is 2.49. The number of fused-ring (bicyclic) bond motifs is 2. The van der Waals surface area contributed by atoms with Crippen LogP contribution in [0.5, 0.6) is 5.75 Å². The molecule has 0 saturated carbocycles. The van der Waals surface area contributed by atoms with Crippen LogP contribution < -0.4 is 10.2 Å². The summed E-state index contributed by atoms with van der Waals surface area (Å²) in [7, 11) is 0. The Labute approximate surface area is 206 Å². The van der Waals surface area contributed by atoms with E-state index in [-0.39, 0.29) is 23.2 Å². The number of benzene rings is 2. The summed E-state index contributed by atoms with van der Waals surface area (Å²) in [5, 5.41) is 0.499. The summed E-state index contributed by atoms with van der Waals surface area (Å²) in [5.74, 6) is 0.613. The average Bonchev–Trinajstić information content (AvgIpc) is 3.12. The standard InChI is InChI=1S/C29H35NO5/c1-5-6-7-15-34-22-11-8-10-21(18-22)26-25-27(31)23-17-20(4)12-13-24(23)35-28(25)29(32)30(26)14-9-16-33-19(2)3/h8,10-13,17-19,26H,5-7,9,14-16H2,1-4H3. The fourth-order valence-corrected chi connectivity index (χ4v) is 4.58. The highest BCUT2D eigenvalue weighted by Crippen LogP contribution is 2.39. The molecular weight excluding hydrogens is 442 g/mol. The van der Waals surface area contributed by atoms with Gasteiger partial charge in [0, 0.05) is 13.2 Å². The van der Waals surface area contributed by atoms with Gasteiger partial charge in [-0.05, 0) is 63.4 Å². The zero-order chi connectivity index (χ0) is 24.9. The van der Waals surface area contributed by atoms with Gasteiger partial charge in [0.05, 0.1) is 29.7 Å². The Morgan fingerprint density at radius 2 is 1.86 bits per heavy atom. The maximum absolute atomic E-state index is 13.7. The molecule has 35 heavy (non-hydrogen) atoms. The van der Waals surface area contributed by atoms with Gasteiger partial charge in [-0.25, -0.2) is 0 Å². The predicted octanol–water partition coefficient (Wildman–Crippen LogP) is 6.03. The first kappa shape index (κ1) is 25.0. The molecule has 0 N–H and O–H groups in total. The van der Waals surface area contributed by atoms with Crippen molar-refractivity contribution in [3.05, 3.63) is 75.1 Å². The van der Waals surface area contributed by atoms with Crippen LogP contribution in [0.2, 0.25) is 0 Å². The van der Waals surface area contributed by atoms with Crippen LogP contribution >= 0.6 is 0 Å². The number of hydrogen-bond donors (Lipinski definition) is 0. The highest BCUT2D eigenvalue weighted by atomic mass is 16.5.